The van der Waals surface area contributed by atoms with Crippen molar-refractivity contribution in [3.8, 4) is 0 Å². The van der Waals surface area contributed by atoms with Gasteiger partial charge in [-0.05, 0) is 11.8 Å². The summed E-state index contributed by atoms with van der Waals surface area (Å²) in [6.45, 7) is 12.6. The van der Waals surface area contributed by atoms with Crippen LogP contribution in [0.25, 0.3) is 0 Å². The molecule has 1 heterocycles. The lowest BCUT2D eigenvalue weighted by molar-refractivity contribution is -0.138. The third-order valence-electron chi connectivity index (χ3n) is 3.44. The van der Waals surface area contributed by atoms with Gasteiger partial charge < -0.3 is 14.9 Å². The number of carbonyl (C=O) groups excluding carboxylic acids is 1. The van der Waals surface area contributed by atoms with Crippen LogP contribution in [0, 0.1) is 11.8 Å². The van der Waals surface area contributed by atoms with Crippen LogP contribution in [0.5, 0.6) is 0 Å². The van der Waals surface area contributed by atoms with Gasteiger partial charge >= 0.3 is 12.0 Å². The zero-order valence-electron chi connectivity index (χ0n) is 13.7. The predicted molar refractivity (Wildman–Crippen MR) is 82.3 cm³/mol. The molecule has 0 aromatic carbocycles. The van der Waals surface area contributed by atoms with Gasteiger partial charge in [-0.15, -0.1) is 0 Å². The van der Waals surface area contributed by atoms with Crippen LogP contribution in [0.4, 0.5) is 4.79 Å². The molecule has 1 N–H and O–H groups in total. The molecule has 0 aliphatic carbocycles. The fourth-order valence-electron chi connectivity index (χ4n) is 2.60. The molecule has 0 atom stereocenters. The number of hydrogen-bond donors (Lipinski definition) is 1. The Hall–Kier alpha value is -1.30. The quantitative estimate of drug-likeness (QED) is 0.806. The van der Waals surface area contributed by atoms with Crippen LogP contribution in [0.15, 0.2) is 0 Å². The highest BCUT2D eigenvalue weighted by Gasteiger charge is 2.26. The highest BCUT2D eigenvalue weighted by atomic mass is 16.4. The molecule has 1 aliphatic heterocycles. The summed E-state index contributed by atoms with van der Waals surface area (Å²) in [5, 5.41) is 8.80. The first kappa shape index (κ1) is 17.8. The zero-order valence-corrected chi connectivity index (χ0v) is 13.7. The number of carboxylic acids is 1. The van der Waals surface area contributed by atoms with E-state index in [0.29, 0.717) is 38.0 Å². The van der Waals surface area contributed by atoms with E-state index in [0.717, 1.165) is 13.1 Å². The Morgan fingerprint density at radius 1 is 1.00 bits per heavy atom. The second kappa shape index (κ2) is 8.22. The lowest BCUT2D eigenvalue weighted by atomic mass is 10.1. The number of urea groups is 1. The zero-order chi connectivity index (χ0) is 16.0. The molecule has 0 radical (unpaired) electrons. The Bertz CT molecular complexity index is 340. The van der Waals surface area contributed by atoms with Crippen LogP contribution in [-0.4, -0.2) is 77.6 Å². The van der Waals surface area contributed by atoms with Gasteiger partial charge in [0.2, 0.25) is 0 Å². The summed E-state index contributed by atoms with van der Waals surface area (Å²) in [5.74, 6) is 0.0815. The Morgan fingerprint density at radius 3 is 1.86 bits per heavy atom. The topological polar surface area (TPSA) is 64.1 Å². The van der Waals surface area contributed by atoms with Crippen molar-refractivity contribution >= 4 is 12.0 Å². The van der Waals surface area contributed by atoms with Crippen molar-refractivity contribution in [2.45, 2.75) is 27.7 Å². The second-order valence-electron chi connectivity index (χ2n) is 6.63. The van der Waals surface area contributed by atoms with Crippen LogP contribution in [0.3, 0.4) is 0 Å². The minimum atomic E-state index is -0.809. The van der Waals surface area contributed by atoms with Gasteiger partial charge in [-0.25, -0.2) is 4.79 Å². The molecule has 122 valence electrons. The third kappa shape index (κ3) is 6.33. The molecule has 2 amide bonds. The van der Waals surface area contributed by atoms with Crippen molar-refractivity contribution in [1.29, 1.82) is 0 Å². The number of carbonyl (C=O) groups is 2. The summed E-state index contributed by atoms with van der Waals surface area (Å²) in [5.41, 5.74) is 0. The largest absolute Gasteiger partial charge is 0.480 e. The van der Waals surface area contributed by atoms with Gasteiger partial charge in [0, 0.05) is 39.3 Å². The molecule has 6 heteroatoms. The van der Waals surface area contributed by atoms with E-state index in [2.05, 4.69) is 27.7 Å². The maximum Gasteiger partial charge on any atom is 0.320 e. The molecule has 1 aliphatic rings. The standard InChI is InChI=1S/C15H29N3O3/c1-12(2)9-18(10-13(3)4)15(21)17-7-5-16(6-8-17)11-14(19)20/h12-13H,5-11H2,1-4H3,(H,19,20). The fraction of sp³-hybridized carbons (Fsp3) is 0.867. The summed E-state index contributed by atoms with van der Waals surface area (Å²) in [7, 11) is 0. The summed E-state index contributed by atoms with van der Waals surface area (Å²) in [6, 6.07) is 0.0902. The molecule has 0 spiro atoms. The van der Waals surface area contributed by atoms with Crippen molar-refractivity contribution in [2.75, 3.05) is 45.8 Å². The summed E-state index contributed by atoms with van der Waals surface area (Å²) < 4.78 is 0. The van der Waals surface area contributed by atoms with Gasteiger partial charge in [-0.2, -0.15) is 0 Å². The lowest BCUT2D eigenvalue weighted by Gasteiger charge is -2.38. The number of rotatable bonds is 6. The average molecular weight is 299 g/mol. The van der Waals surface area contributed by atoms with Crippen LogP contribution < -0.4 is 0 Å². The van der Waals surface area contributed by atoms with Crippen LogP contribution in [0.1, 0.15) is 27.7 Å². The van der Waals surface area contributed by atoms with Gasteiger partial charge in [-0.1, -0.05) is 27.7 Å². The highest BCUT2D eigenvalue weighted by Crippen LogP contribution is 2.10. The van der Waals surface area contributed by atoms with E-state index in [1.54, 1.807) is 0 Å². The van der Waals surface area contributed by atoms with E-state index in [-0.39, 0.29) is 12.6 Å². The van der Waals surface area contributed by atoms with Crippen molar-refractivity contribution in [1.82, 2.24) is 14.7 Å². The first-order chi connectivity index (χ1) is 9.79. The molecule has 0 aromatic rings. The molecule has 1 fully saturated rings. The highest BCUT2D eigenvalue weighted by molar-refractivity contribution is 5.74. The molecular weight excluding hydrogens is 270 g/mol. The van der Waals surface area contributed by atoms with E-state index < -0.39 is 5.97 Å². The molecule has 0 saturated carbocycles. The van der Waals surface area contributed by atoms with Crippen LogP contribution >= 0.6 is 0 Å². The summed E-state index contributed by atoms with van der Waals surface area (Å²) in [6.07, 6.45) is 0. The second-order valence-corrected chi connectivity index (χ2v) is 6.63. The minimum absolute atomic E-state index is 0.0593. The summed E-state index contributed by atoms with van der Waals surface area (Å²) >= 11 is 0. The third-order valence-corrected chi connectivity index (χ3v) is 3.44. The number of carboxylic acid groups (broad SMARTS) is 1. The van der Waals surface area contributed by atoms with Crippen molar-refractivity contribution in [2.24, 2.45) is 11.8 Å². The Labute approximate surface area is 127 Å². The number of amides is 2. The van der Waals surface area contributed by atoms with Gasteiger partial charge in [0.05, 0.1) is 6.54 Å². The summed E-state index contributed by atoms with van der Waals surface area (Å²) in [4.78, 5) is 29.0. The number of nitrogens with zero attached hydrogens (tertiary/aromatic N) is 3. The Kier molecular flexibility index (Phi) is 6.95. The maximum absolute atomic E-state index is 12.6. The number of piperazine rings is 1. The molecular formula is C15H29N3O3. The van der Waals surface area contributed by atoms with Gasteiger partial charge in [-0.3, -0.25) is 9.69 Å². The van der Waals surface area contributed by atoms with Crippen molar-refractivity contribution < 1.29 is 14.7 Å². The van der Waals surface area contributed by atoms with E-state index in [1.807, 2.05) is 14.7 Å². The fourth-order valence-corrected chi connectivity index (χ4v) is 2.60. The van der Waals surface area contributed by atoms with E-state index in [1.165, 1.54) is 0 Å². The minimum Gasteiger partial charge on any atom is -0.480 e. The SMILES string of the molecule is CC(C)CN(CC(C)C)C(=O)N1CCN(CC(=O)O)CC1. The number of aliphatic carboxylic acids is 1. The van der Waals surface area contributed by atoms with E-state index in [9.17, 15) is 9.59 Å². The molecule has 21 heavy (non-hydrogen) atoms. The molecule has 0 bridgehead atoms. The number of hydrogen-bond acceptors (Lipinski definition) is 3. The smallest absolute Gasteiger partial charge is 0.320 e. The monoisotopic (exact) mass is 299 g/mol. The Morgan fingerprint density at radius 2 is 1.48 bits per heavy atom. The van der Waals surface area contributed by atoms with Crippen molar-refractivity contribution in [3.63, 3.8) is 0 Å². The first-order valence-electron chi connectivity index (χ1n) is 7.77. The van der Waals surface area contributed by atoms with Crippen LogP contribution in [-0.2, 0) is 4.79 Å². The van der Waals surface area contributed by atoms with Gasteiger partial charge in [0.1, 0.15) is 0 Å². The van der Waals surface area contributed by atoms with Gasteiger partial charge in [0.25, 0.3) is 0 Å². The molecule has 6 nitrogen and oxygen atoms in total. The lowest BCUT2D eigenvalue weighted by Crippen LogP contribution is -2.54. The van der Waals surface area contributed by atoms with E-state index >= 15 is 0 Å². The van der Waals surface area contributed by atoms with Crippen LogP contribution in [0.2, 0.25) is 0 Å². The van der Waals surface area contributed by atoms with E-state index in [4.69, 9.17) is 5.11 Å². The molecule has 1 saturated heterocycles. The predicted octanol–water partition coefficient (Wildman–Crippen LogP) is 1.42. The maximum atomic E-state index is 12.6. The van der Waals surface area contributed by atoms with Crippen molar-refractivity contribution in [3.05, 3.63) is 0 Å². The Balaban J connectivity index is 2.54. The first-order valence-corrected chi connectivity index (χ1v) is 7.77. The average Bonchev–Trinajstić information content (AvgIpc) is 2.36. The van der Waals surface area contributed by atoms with Gasteiger partial charge in [0.15, 0.2) is 0 Å². The molecule has 1 rings (SSSR count). The molecule has 0 unspecified atom stereocenters. The normalized spacial score (nSPS) is 16.6. The molecule has 0 aromatic heterocycles.